The Kier molecular flexibility index (Phi) is 3.42. The number of carbonyl (C=O) groups is 1. The number of rotatable bonds is 2. The van der Waals surface area contributed by atoms with E-state index in [1.165, 1.54) is 0 Å². The third-order valence-corrected chi connectivity index (χ3v) is 3.79. The largest absolute Gasteiger partial charge is 0.441 e. The molecule has 3 heteroatoms. The minimum absolute atomic E-state index is 0.0580. The summed E-state index contributed by atoms with van der Waals surface area (Å²) in [6.07, 6.45) is 0.333. The maximum absolute atomic E-state index is 12.1. The van der Waals surface area contributed by atoms with Gasteiger partial charge >= 0.3 is 6.09 Å². The van der Waals surface area contributed by atoms with E-state index >= 15 is 0 Å². The minimum atomic E-state index is -0.265. The van der Waals surface area contributed by atoms with E-state index in [-0.39, 0.29) is 18.2 Å². The average molecular weight is 267 g/mol. The van der Waals surface area contributed by atoms with Gasteiger partial charge in [-0.25, -0.2) is 4.79 Å². The Bertz CT molecular complexity index is 582. The van der Waals surface area contributed by atoms with Crippen LogP contribution in [0.3, 0.4) is 0 Å². The van der Waals surface area contributed by atoms with Crippen LogP contribution >= 0.6 is 0 Å². The SMILES string of the molecule is CN1C(=O)O[C@@H](c2ccccc2)C[C@@H]1c1ccccc1. The van der Waals surface area contributed by atoms with Crippen LogP contribution in [0.5, 0.6) is 0 Å². The molecule has 1 fully saturated rings. The molecule has 0 saturated carbocycles. The molecule has 1 aliphatic rings. The fourth-order valence-corrected chi connectivity index (χ4v) is 2.65. The lowest BCUT2D eigenvalue weighted by molar-refractivity contribution is 0.00621. The summed E-state index contributed by atoms with van der Waals surface area (Å²) in [5.74, 6) is 0. The van der Waals surface area contributed by atoms with Gasteiger partial charge in [-0.3, -0.25) is 0 Å². The first kappa shape index (κ1) is 12.7. The number of ether oxygens (including phenoxy) is 1. The molecule has 0 aliphatic carbocycles. The number of nitrogens with zero attached hydrogens (tertiary/aromatic N) is 1. The normalized spacial score (nSPS) is 22.4. The van der Waals surface area contributed by atoms with Gasteiger partial charge in [-0.1, -0.05) is 60.7 Å². The molecule has 0 N–H and O–H groups in total. The van der Waals surface area contributed by atoms with E-state index in [0.717, 1.165) is 17.5 Å². The highest BCUT2D eigenvalue weighted by Crippen LogP contribution is 2.37. The van der Waals surface area contributed by atoms with Gasteiger partial charge < -0.3 is 9.64 Å². The molecule has 1 heterocycles. The van der Waals surface area contributed by atoms with Crippen LogP contribution in [0.4, 0.5) is 4.79 Å². The second-order valence-corrected chi connectivity index (χ2v) is 5.06. The maximum Gasteiger partial charge on any atom is 0.410 e. The molecule has 1 saturated heterocycles. The molecule has 20 heavy (non-hydrogen) atoms. The number of cyclic esters (lactones) is 1. The monoisotopic (exact) mass is 267 g/mol. The van der Waals surface area contributed by atoms with Gasteiger partial charge in [0.15, 0.2) is 0 Å². The molecule has 3 nitrogen and oxygen atoms in total. The predicted octanol–water partition coefficient (Wildman–Crippen LogP) is 3.94. The van der Waals surface area contributed by atoms with E-state index in [0.29, 0.717) is 0 Å². The van der Waals surface area contributed by atoms with Gasteiger partial charge in [-0.05, 0) is 11.1 Å². The summed E-state index contributed by atoms with van der Waals surface area (Å²) in [6.45, 7) is 0. The number of hydrogen-bond donors (Lipinski definition) is 0. The van der Waals surface area contributed by atoms with E-state index in [9.17, 15) is 4.79 Å². The Hall–Kier alpha value is -2.29. The number of carbonyl (C=O) groups excluding carboxylic acids is 1. The van der Waals surface area contributed by atoms with Crippen LogP contribution < -0.4 is 0 Å². The molecule has 0 unspecified atom stereocenters. The van der Waals surface area contributed by atoms with Crippen LogP contribution in [0.25, 0.3) is 0 Å². The smallest absolute Gasteiger partial charge is 0.410 e. The highest BCUT2D eigenvalue weighted by Gasteiger charge is 2.34. The first-order chi connectivity index (χ1) is 9.75. The Morgan fingerprint density at radius 2 is 1.50 bits per heavy atom. The second kappa shape index (κ2) is 5.37. The lowest BCUT2D eigenvalue weighted by Gasteiger charge is -2.37. The molecular weight excluding hydrogens is 250 g/mol. The Morgan fingerprint density at radius 1 is 0.950 bits per heavy atom. The summed E-state index contributed by atoms with van der Waals surface area (Å²) in [4.78, 5) is 13.7. The zero-order chi connectivity index (χ0) is 13.9. The molecule has 0 radical (unpaired) electrons. The van der Waals surface area contributed by atoms with Crippen LogP contribution in [0.2, 0.25) is 0 Å². The van der Waals surface area contributed by atoms with Crippen molar-refractivity contribution < 1.29 is 9.53 Å². The van der Waals surface area contributed by atoms with Gasteiger partial charge in [-0.15, -0.1) is 0 Å². The van der Waals surface area contributed by atoms with E-state index < -0.39 is 0 Å². The van der Waals surface area contributed by atoms with E-state index in [1.807, 2.05) is 48.5 Å². The van der Waals surface area contributed by atoms with Crippen LogP contribution in [0.15, 0.2) is 60.7 Å². The van der Waals surface area contributed by atoms with Gasteiger partial charge in [0.2, 0.25) is 0 Å². The predicted molar refractivity (Wildman–Crippen MR) is 77.2 cm³/mol. The van der Waals surface area contributed by atoms with Crippen molar-refractivity contribution >= 4 is 6.09 Å². The third-order valence-electron chi connectivity index (χ3n) is 3.79. The standard InChI is InChI=1S/C17H17NO2/c1-18-15(13-8-4-2-5-9-13)12-16(20-17(18)19)14-10-6-3-7-11-14/h2-11,15-16H,12H2,1H3/t15-,16-/m1/s1. The first-order valence-corrected chi connectivity index (χ1v) is 6.79. The number of hydrogen-bond acceptors (Lipinski definition) is 2. The summed E-state index contributed by atoms with van der Waals surface area (Å²) >= 11 is 0. The lowest BCUT2D eigenvalue weighted by Crippen LogP contribution is -2.38. The second-order valence-electron chi connectivity index (χ2n) is 5.06. The molecule has 1 aliphatic heterocycles. The van der Waals surface area contributed by atoms with E-state index in [4.69, 9.17) is 4.74 Å². The quantitative estimate of drug-likeness (QED) is 0.824. The summed E-state index contributed by atoms with van der Waals surface area (Å²) in [6, 6.07) is 20.1. The zero-order valence-electron chi connectivity index (χ0n) is 11.4. The summed E-state index contributed by atoms with van der Waals surface area (Å²) in [7, 11) is 1.79. The molecule has 0 spiro atoms. The third kappa shape index (κ3) is 2.39. The van der Waals surface area contributed by atoms with Crippen LogP contribution in [0.1, 0.15) is 29.7 Å². The van der Waals surface area contributed by atoms with E-state index in [2.05, 4.69) is 12.1 Å². The fraction of sp³-hybridized carbons (Fsp3) is 0.235. The van der Waals surface area contributed by atoms with Gasteiger partial charge in [0.1, 0.15) is 6.10 Å². The molecule has 2 aromatic rings. The van der Waals surface area contributed by atoms with Crippen molar-refractivity contribution in [3.8, 4) is 0 Å². The average Bonchev–Trinajstić information content (AvgIpc) is 2.51. The van der Waals surface area contributed by atoms with Crippen molar-refractivity contribution in [3.63, 3.8) is 0 Å². The van der Waals surface area contributed by atoms with E-state index in [1.54, 1.807) is 11.9 Å². The van der Waals surface area contributed by atoms with Crippen molar-refractivity contribution in [1.82, 2.24) is 4.90 Å². The highest BCUT2D eigenvalue weighted by atomic mass is 16.6. The topological polar surface area (TPSA) is 29.5 Å². The molecule has 1 amide bonds. The van der Waals surface area contributed by atoms with Crippen molar-refractivity contribution in [2.75, 3.05) is 7.05 Å². The van der Waals surface area contributed by atoms with Crippen molar-refractivity contribution in [2.24, 2.45) is 0 Å². The van der Waals surface area contributed by atoms with Gasteiger partial charge in [0.25, 0.3) is 0 Å². The molecule has 0 bridgehead atoms. The lowest BCUT2D eigenvalue weighted by atomic mass is 9.94. The van der Waals surface area contributed by atoms with Crippen LogP contribution in [-0.4, -0.2) is 18.0 Å². The zero-order valence-corrected chi connectivity index (χ0v) is 11.4. The highest BCUT2D eigenvalue weighted by molar-refractivity contribution is 5.69. The van der Waals surface area contributed by atoms with Crippen molar-refractivity contribution in [1.29, 1.82) is 0 Å². The molecule has 2 atom stereocenters. The van der Waals surface area contributed by atoms with Crippen molar-refractivity contribution in [2.45, 2.75) is 18.6 Å². The molecule has 0 aromatic heterocycles. The van der Waals surface area contributed by atoms with Crippen LogP contribution in [-0.2, 0) is 4.74 Å². The molecule has 2 aromatic carbocycles. The summed E-state index contributed by atoms with van der Waals surface area (Å²) < 4.78 is 5.52. The first-order valence-electron chi connectivity index (χ1n) is 6.79. The van der Waals surface area contributed by atoms with Gasteiger partial charge in [-0.2, -0.15) is 0 Å². The minimum Gasteiger partial charge on any atom is -0.441 e. The maximum atomic E-state index is 12.1. The van der Waals surface area contributed by atoms with Gasteiger partial charge in [0, 0.05) is 13.5 Å². The molecule has 102 valence electrons. The molecule has 3 rings (SSSR count). The summed E-state index contributed by atoms with van der Waals surface area (Å²) in [5, 5.41) is 0. The van der Waals surface area contributed by atoms with Gasteiger partial charge in [0.05, 0.1) is 6.04 Å². The number of amides is 1. The molecular formula is C17H17NO2. The van der Waals surface area contributed by atoms with Crippen molar-refractivity contribution in [3.05, 3.63) is 71.8 Å². The van der Waals surface area contributed by atoms with Crippen LogP contribution in [0, 0.1) is 0 Å². The Morgan fingerprint density at radius 3 is 2.10 bits per heavy atom. The fourth-order valence-electron chi connectivity index (χ4n) is 2.65. The summed E-state index contributed by atoms with van der Waals surface area (Å²) in [5.41, 5.74) is 2.20. The Labute approximate surface area is 118 Å². The number of benzene rings is 2. The Balaban J connectivity index is 1.89.